The van der Waals surface area contributed by atoms with Crippen LogP contribution in [0.4, 0.5) is 10.3 Å². The smallest absolute Gasteiger partial charge is 0.261 e. The van der Waals surface area contributed by atoms with E-state index in [1.165, 1.54) is 16.8 Å². The standard InChI is InChI=1S/C11H14FN4O7P/c12-5-6(18)10(22-23-24(20)3-17)21-9(5)16-2-1-4-7(16)14-11(13)15-8(4)19/h1-2,5-6,9-10,17-18,20H,3H2,(H3,13,14,15,19)/t5?,6-,9-,10-,24?/m1/s1. The lowest BCUT2D eigenvalue weighted by Crippen LogP contribution is -2.30. The molecule has 3 heterocycles. The number of aliphatic hydroxyl groups is 2. The fraction of sp³-hybridized carbons (Fsp3) is 0.455. The number of anilines is 1. The summed E-state index contributed by atoms with van der Waals surface area (Å²) < 4.78 is 25.2. The summed E-state index contributed by atoms with van der Waals surface area (Å²) in [5, 5.41) is 18.6. The largest absolute Gasteiger partial charge is 0.387 e. The molecule has 132 valence electrons. The van der Waals surface area contributed by atoms with Crippen LogP contribution in [0.3, 0.4) is 0 Å². The van der Waals surface area contributed by atoms with E-state index in [1.807, 2.05) is 0 Å². The molecule has 24 heavy (non-hydrogen) atoms. The molecule has 1 saturated heterocycles. The molecule has 0 aromatic carbocycles. The Morgan fingerprint density at radius 2 is 2.33 bits per heavy atom. The van der Waals surface area contributed by atoms with E-state index in [4.69, 9.17) is 20.5 Å². The van der Waals surface area contributed by atoms with Crippen molar-refractivity contribution in [2.24, 2.45) is 0 Å². The van der Waals surface area contributed by atoms with Crippen LogP contribution in [0, 0.1) is 0 Å². The molecule has 11 nitrogen and oxygen atoms in total. The first-order chi connectivity index (χ1) is 11.4. The zero-order valence-electron chi connectivity index (χ0n) is 11.9. The fourth-order valence-corrected chi connectivity index (χ4v) is 2.52. The van der Waals surface area contributed by atoms with Crippen molar-refractivity contribution >= 4 is 25.4 Å². The van der Waals surface area contributed by atoms with Crippen molar-refractivity contribution in [1.29, 1.82) is 0 Å². The van der Waals surface area contributed by atoms with E-state index < -0.39 is 45.1 Å². The van der Waals surface area contributed by atoms with Gasteiger partial charge in [-0.15, -0.1) is 0 Å². The van der Waals surface area contributed by atoms with Crippen molar-refractivity contribution in [3.05, 3.63) is 22.6 Å². The molecule has 1 aliphatic heterocycles. The van der Waals surface area contributed by atoms with Crippen molar-refractivity contribution in [3.8, 4) is 0 Å². The Kier molecular flexibility index (Phi) is 4.78. The monoisotopic (exact) mass is 364 g/mol. The maximum atomic E-state index is 14.3. The summed E-state index contributed by atoms with van der Waals surface area (Å²) in [6, 6.07) is 1.40. The minimum atomic E-state index is -2.29. The predicted octanol–water partition coefficient (Wildman–Crippen LogP) is -0.937. The Labute approximate surface area is 134 Å². The molecule has 1 fully saturated rings. The maximum Gasteiger partial charge on any atom is 0.261 e. The van der Waals surface area contributed by atoms with E-state index in [0.717, 1.165) is 0 Å². The highest BCUT2D eigenvalue weighted by molar-refractivity contribution is 7.45. The summed E-state index contributed by atoms with van der Waals surface area (Å²) in [7, 11) is -2.29. The van der Waals surface area contributed by atoms with Gasteiger partial charge < -0.3 is 30.1 Å². The summed E-state index contributed by atoms with van der Waals surface area (Å²) in [4.78, 5) is 31.7. The van der Waals surface area contributed by atoms with Crippen LogP contribution in [0.5, 0.6) is 0 Å². The lowest BCUT2D eigenvalue weighted by molar-refractivity contribution is -0.332. The number of aliphatic hydroxyl groups excluding tert-OH is 2. The SMILES string of the molecule is Nc1nc2c(ccn2[C@@H]2O[C@H](OOP(O)CO)[C@H](O)C2F)c(=O)[nH]1. The molecule has 0 bridgehead atoms. The zero-order chi connectivity index (χ0) is 17.4. The van der Waals surface area contributed by atoms with E-state index >= 15 is 0 Å². The van der Waals surface area contributed by atoms with Crippen LogP contribution in [0.1, 0.15) is 6.23 Å². The van der Waals surface area contributed by atoms with Crippen LogP contribution in [0.15, 0.2) is 17.1 Å². The molecule has 0 saturated carbocycles. The van der Waals surface area contributed by atoms with Gasteiger partial charge in [0.1, 0.15) is 12.5 Å². The van der Waals surface area contributed by atoms with E-state index in [1.54, 1.807) is 0 Å². The third kappa shape index (κ3) is 3.00. The number of aromatic nitrogens is 3. The normalized spacial score (nSPS) is 28.5. The lowest BCUT2D eigenvalue weighted by Gasteiger charge is -2.16. The van der Waals surface area contributed by atoms with Gasteiger partial charge >= 0.3 is 0 Å². The van der Waals surface area contributed by atoms with E-state index in [2.05, 4.69) is 19.5 Å². The maximum absolute atomic E-state index is 14.3. The predicted molar refractivity (Wildman–Crippen MR) is 78.0 cm³/mol. The highest BCUT2D eigenvalue weighted by atomic mass is 31.2. The second kappa shape index (κ2) is 6.69. The molecule has 2 aromatic rings. The minimum absolute atomic E-state index is 0.0671. The number of H-pyrrole nitrogens is 1. The van der Waals surface area contributed by atoms with Gasteiger partial charge in [0.2, 0.25) is 20.6 Å². The van der Waals surface area contributed by atoms with Gasteiger partial charge in [0.05, 0.1) is 5.39 Å². The Morgan fingerprint density at radius 3 is 3.04 bits per heavy atom. The number of ether oxygens (including phenoxy) is 1. The first-order valence-corrected chi connectivity index (χ1v) is 8.06. The molecule has 13 heteroatoms. The van der Waals surface area contributed by atoms with Crippen LogP contribution in [-0.2, 0) is 14.3 Å². The van der Waals surface area contributed by atoms with Gasteiger partial charge in [-0.3, -0.25) is 9.78 Å². The second-order valence-electron chi connectivity index (χ2n) is 4.91. The van der Waals surface area contributed by atoms with Crippen LogP contribution >= 0.6 is 8.38 Å². The number of nitrogens with two attached hydrogens (primary N) is 1. The number of hydrogen-bond acceptors (Lipinski definition) is 9. The van der Waals surface area contributed by atoms with Gasteiger partial charge in [0.25, 0.3) is 5.56 Å². The molecular weight excluding hydrogens is 350 g/mol. The van der Waals surface area contributed by atoms with Crippen molar-refractivity contribution in [3.63, 3.8) is 0 Å². The Balaban J connectivity index is 1.86. The first kappa shape index (κ1) is 17.2. The second-order valence-corrected chi connectivity index (χ2v) is 6.04. The topological polar surface area (TPSA) is 165 Å². The van der Waals surface area contributed by atoms with Crippen LogP contribution in [-0.4, -0.2) is 54.6 Å². The minimum Gasteiger partial charge on any atom is -0.387 e. The Bertz CT molecular complexity index is 785. The molecule has 0 radical (unpaired) electrons. The van der Waals surface area contributed by atoms with Crippen molar-refractivity contribution in [2.75, 3.05) is 12.1 Å². The fourth-order valence-electron chi connectivity index (χ4n) is 2.29. The van der Waals surface area contributed by atoms with Crippen molar-refractivity contribution in [2.45, 2.75) is 24.8 Å². The highest BCUT2D eigenvalue weighted by Gasteiger charge is 2.47. The number of nitrogens with one attached hydrogen (secondary N) is 1. The summed E-state index contributed by atoms with van der Waals surface area (Å²) in [5.74, 6) is -0.161. The number of nitrogens with zero attached hydrogens (tertiary/aromatic N) is 2. The third-order valence-electron chi connectivity index (χ3n) is 3.37. The van der Waals surface area contributed by atoms with Crippen molar-refractivity contribution < 1.29 is 33.8 Å². The highest BCUT2D eigenvalue weighted by Crippen LogP contribution is 2.37. The summed E-state index contributed by atoms with van der Waals surface area (Å²) in [6.07, 6.45) is -5.92. The van der Waals surface area contributed by atoms with Gasteiger partial charge in [-0.1, -0.05) is 0 Å². The van der Waals surface area contributed by atoms with Crippen LogP contribution in [0.2, 0.25) is 0 Å². The van der Waals surface area contributed by atoms with Gasteiger partial charge in [-0.05, 0) is 6.07 Å². The molecule has 2 aromatic heterocycles. The van der Waals surface area contributed by atoms with Crippen LogP contribution in [0.25, 0.3) is 11.0 Å². The molecule has 0 aliphatic carbocycles. The molecule has 5 atom stereocenters. The molecule has 6 N–H and O–H groups in total. The zero-order valence-corrected chi connectivity index (χ0v) is 12.8. The number of halogens is 1. The van der Waals surface area contributed by atoms with Gasteiger partial charge in [-0.2, -0.15) is 14.5 Å². The number of fused-ring (bicyclic) bond motifs is 1. The van der Waals surface area contributed by atoms with Gasteiger partial charge in [-0.25, -0.2) is 4.39 Å². The third-order valence-corrected chi connectivity index (χ3v) is 3.87. The quantitative estimate of drug-likeness (QED) is 0.256. The lowest BCUT2D eigenvalue weighted by atomic mass is 10.2. The Morgan fingerprint density at radius 1 is 1.58 bits per heavy atom. The average molecular weight is 364 g/mol. The van der Waals surface area contributed by atoms with Crippen LogP contribution < -0.4 is 11.3 Å². The number of alkyl halides is 1. The van der Waals surface area contributed by atoms with Crippen molar-refractivity contribution in [1.82, 2.24) is 14.5 Å². The summed E-state index contributed by atoms with van der Waals surface area (Å²) in [5.41, 5.74) is 5.04. The van der Waals surface area contributed by atoms with E-state index in [-0.39, 0.29) is 17.0 Å². The molecular formula is C11H14FN4O7P. The number of aromatic amines is 1. The van der Waals surface area contributed by atoms with E-state index in [9.17, 15) is 14.3 Å². The average Bonchev–Trinajstić information content (AvgIpc) is 3.08. The molecule has 0 spiro atoms. The Hall–Kier alpha value is -1.66. The number of nitrogen functional groups attached to an aromatic ring is 1. The molecule has 2 unspecified atom stereocenters. The summed E-state index contributed by atoms with van der Waals surface area (Å²) in [6.45, 7) is 0. The van der Waals surface area contributed by atoms with E-state index in [0.29, 0.717) is 0 Å². The van der Waals surface area contributed by atoms with Gasteiger partial charge in [0.15, 0.2) is 18.0 Å². The first-order valence-electron chi connectivity index (χ1n) is 6.67. The molecule has 0 amide bonds. The number of hydrogen-bond donors (Lipinski definition) is 5. The summed E-state index contributed by atoms with van der Waals surface area (Å²) >= 11 is 0. The molecule has 3 rings (SSSR count). The molecule has 1 aliphatic rings. The van der Waals surface area contributed by atoms with Gasteiger partial charge in [0, 0.05) is 6.20 Å². The number of rotatable bonds is 5.